The van der Waals surface area contributed by atoms with E-state index in [-0.39, 0.29) is 5.91 Å². The molecule has 4 nitrogen and oxygen atoms in total. The van der Waals surface area contributed by atoms with Gasteiger partial charge in [0.1, 0.15) is 0 Å². The molecule has 0 spiro atoms. The van der Waals surface area contributed by atoms with E-state index in [9.17, 15) is 4.79 Å². The van der Waals surface area contributed by atoms with Crippen molar-refractivity contribution in [2.75, 3.05) is 27.2 Å². The van der Waals surface area contributed by atoms with Gasteiger partial charge in [-0.15, -0.1) is 0 Å². The van der Waals surface area contributed by atoms with Gasteiger partial charge in [0.2, 0.25) is 5.91 Å². The van der Waals surface area contributed by atoms with E-state index in [1.807, 2.05) is 18.2 Å². The lowest BCUT2D eigenvalue weighted by Gasteiger charge is -2.10. The van der Waals surface area contributed by atoms with Gasteiger partial charge in [-0.25, -0.2) is 0 Å². The monoisotopic (exact) mass is 207 g/mol. The summed E-state index contributed by atoms with van der Waals surface area (Å²) in [5.41, 5.74) is 1.04. The molecular weight excluding hydrogens is 190 g/mol. The van der Waals surface area contributed by atoms with Crippen LogP contribution in [0.4, 0.5) is 0 Å². The van der Waals surface area contributed by atoms with Crippen LogP contribution in [0, 0.1) is 0 Å². The normalized spacial score (nSPS) is 10.0. The minimum Gasteiger partial charge on any atom is -0.348 e. The average Bonchev–Trinajstić information content (AvgIpc) is 2.25. The quantitative estimate of drug-likeness (QED) is 0.706. The number of aromatic nitrogens is 1. The lowest BCUT2D eigenvalue weighted by Crippen LogP contribution is -2.33. The van der Waals surface area contributed by atoms with Gasteiger partial charge in [-0.3, -0.25) is 9.78 Å². The number of nitrogens with zero attached hydrogens (tertiary/aromatic N) is 2. The molecule has 1 aromatic heterocycles. The van der Waals surface area contributed by atoms with Crippen LogP contribution in [0.1, 0.15) is 5.69 Å². The molecule has 0 fully saturated rings. The summed E-state index contributed by atoms with van der Waals surface area (Å²) in [6.45, 7) is 1.16. The van der Waals surface area contributed by atoms with Crippen molar-refractivity contribution in [2.24, 2.45) is 0 Å². The number of nitrogens with one attached hydrogen (secondary N) is 1. The number of hydrogen-bond donors (Lipinski definition) is 1. The first-order valence-electron chi connectivity index (χ1n) is 5.01. The van der Waals surface area contributed by atoms with Crippen molar-refractivity contribution in [3.05, 3.63) is 30.1 Å². The average molecular weight is 207 g/mol. The van der Waals surface area contributed by atoms with Crippen molar-refractivity contribution in [2.45, 2.75) is 6.42 Å². The van der Waals surface area contributed by atoms with E-state index < -0.39 is 0 Å². The molecule has 0 aliphatic rings. The zero-order chi connectivity index (χ0) is 11.1. The standard InChI is InChI=1S/C11H17N3O/c1-14(2)11(15)9-12-8-6-10-5-3-4-7-13-10/h3-5,7,12H,6,8-9H2,1-2H3. The summed E-state index contributed by atoms with van der Waals surface area (Å²) in [4.78, 5) is 17.0. The number of carbonyl (C=O) groups is 1. The zero-order valence-corrected chi connectivity index (χ0v) is 9.23. The Kier molecular flexibility index (Phi) is 4.77. The number of hydrogen-bond acceptors (Lipinski definition) is 3. The van der Waals surface area contributed by atoms with Gasteiger partial charge in [-0.05, 0) is 12.1 Å². The van der Waals surface area contributed by atoms with Crippen molar-refractivity contribution in [3.8, 4) is 0 Å². The number of carbonyl (C=O) groups excluding carboxylic acids is 1. The van der Waals surface area contributed by atoms with E-state index in [4.69, 9.17) is 0 Å². The van der Waals surface area contributed by atoms with Gasteiger partial charge in [0.25, 0.3) is 0 Å². The van der Waals surface area contributed by atoms with Crippen LogP contribution in [0.2, 0.25) is 0 Å². The third-order valence-corrected chi connectivity index (χ3v) is 2.06. The lowest BCUT2D eigenvalue weighted by molar-refractivity contribution is -0.127. The SMILES string of the molecule is CN(C)C(=O)CNCCc1ccccn1. The minimum atomic E-state index is 0.0935. The molecule has 0 saturated heterocycles. The fraction of sp³-hybridized carbons (Fsp3) is 0.455. The molecule has 0 atom stereocenters. The molecule has 0 saturated carbocycles. The Bertz CT molecular complexity index is 298. The molecular formula is C11H17N3O. The molecule has 1 amide bonds. The summed E-state index contributed by atoms with van der Waals surface area (Å²) < 4.78 is 0. The van der Waals surface area contributed by atoms with Gasteiger partial charge in [-0.1, -0.05) is 6.07 Å². The summed E-state index contributed by atoms with van der Waals surface area (Å²) >= 11 is 0. The van der Waals surface area contributed by atoms with Crippen LogP contribution in [0.15, 0.2) is 24.4 Å². The molecule has 1 heterocycles. The molecule has 1 rings (SSSR count). The van der Waals surface area contributed by atoms with Crippen molar-refractivity contribution >= 4 is 5.91 Å². The maximum Gasteiger partial charge on any atom is 0.236 e. The first-order valence-corrected chi connectivity index (χ1v) is 5.01. The summed E-state index contributed by atoms with van der Waals surface area (Å²) in [7, 11) is 3.51. The van der Waals surface area contributed by atoms with Gasteiger partial charge in [0, 0.05) is 39.0 Å². The Hall–Kier alpha value is -1.42. The third kappa shape index (κ3) is 4.56. The molecule has 0 radical (unpaired) electrons. The summed E-state index contributed by atoms with van der Waals surface area (Å²) in [6, 6.07) is 5.84. The van der Waals surface area contributed by atoms with Crippen molar-refractivity contribution in [3.63, 3.8) is 0 Å². The van der Waals surface area contributed by atoms with Crippen molar-refractivity contribution in [1.82, 2.24) is 15.2 Å². The molecule has 0 aliphatic heterocycles. The molecule has 82 valence electrons. The number of rotatable bonds is 5. The van der Waals surface area contributed by atoms with E-state index in [1.165, 1.54) is 0 Å². The van der Waals surface area contributed by atoms with Gasteiger partial charge < -0.3 is 10.2 Å². The first kappa shape index (κ1) is 11.7. The Labute approximate surface area is 90.3 Å². The number of amides is 1. The Balaban J connectivity index is 2.15. The molecule has 0 aromatic carbocycles. The van der Waals surface area contributed by atoms with E-state index in [2.05, 4.69) is 10.3 Å². The maximum atomic E-state index is 11.2. The fourth-order valence-electron chi connectivity index (χ4n) is 1.12. The lowest BCUT2D eigenvalue weighted by atomic mass is 10.3. The highest BCUT2D eigenvalue weighted by Gasteiger charge is 2.01. The highest BCUT2D eigenvalue weighted by molar-refractivity contribution is 5.77. The topological polar surface area (TPSA) is 45.2 Å². The van der Waals surface area contributed by atoms with Crippen LogP contribution in [-0.4, -0.2) is 43.0 Å². The molecule has 15 heavy (non-hydrogen) atoms. The van der Waals surface area contributed by atoms with E-state index in [1.54, 1.807) is 25.2 Å². The van der Waals surface area contributed by atoms with Crippen molar-refractivity contribution in [1.29, 1.82) is 0 Å². The molecule has 1 aromatic rings. The second-order valence-electron chi connectivity index (χ2n) is 3.54. The molecule has 0 unspecified atom stereocenters. The van der Waals surface area contributed by atoms with Gasteiger partial charge >= 0.3 is 0 Å². The van der Waals surface area contributed by atoms with Gasteiger partial charge in [0.15, 0.2) is 0 Å². The summed E-state index contributed by atoms with van der Waals surface area (Å²) in [5, 5.41) is 3.08. The fourth-order valence-corrected chi connectivity index (χ4v) is 1.12. The highest BCUT2D eigenvalue weighted by atomic mass is 16.2. The molecule has 0 bridgehead atoms. The van der Waals surface area contributed by atoms with Gasteiger partial charge in [-0.2, -0.15) is 0 Å². The third-order valence-electron chi connectivity index (χ3n) is 2.06. The first-order chi connectivity index (χ1) is 7.20. The predicted molar refractivity (Wildman–Crippen MR) is 59.5 cm³/mol. The van der Waals surface area contributed by atoms with E-state index in [0.29, 0.717) is 6.54 Å². The Morgan fingerprint density at radius 1 is 1.47 bits per heavy atom. The second kappa shape index (κ2) is 6.14. The highest BCUT2D eigenvalue weighted by Crippen LogP contribution is 1.92. The van der Waals surface area contributed by atoms with E-state index in [0.717, 1.165) is 18.7 Å². The Morgan fingerprint density at radius 2 is 2.27 bits per heavy atom. The minimum absolute atomic E-state index is 0.0935. The second-order valence-corrected chi connectivity index (χ2v) is 3.54. The van der Waals surface area contributed by atoms with Crippen LogP contribution in [0.3, 0.4) is 0 Å². The van der Waals surface area contributed by atoms with Crippen LogP contribution >= 0.6 is 0 Å². The van der Waals surface area contributed by atoms with Crippen molar-refractivity contribution < 1.29 is 4.79 Å². The molecule has 4 heteroatoms. The van der Waals surface area contributed by atoms with E-state index >= 15 is 0 Å². The molecule has 1 N–H and O–H groups in total. The smallest absolute Gasteiger partial charge is 0.236 e. The van der Waals surface area contributed by atoms with Crippen LogP contribution in [-0.2, 0) is 11.2 Å². The van der Waals surface area contributed by atoms with Crippen LogP contribution in [0.25, 0.3) is 0 Å². The largest absolute Gasteiger partial charge is 0.348 e. The van der Waals surface area contributed by atoms with Crippen LogP contribution < -0.4 is 5.32 Å². The number of pyridine rings is 1. The molecule has 0 aliphatic carbocycles. The maximum absolute atomic E-state index is 11.2. The zero-order valence-electron chi connectivity index (χ0n) is 9.23. The predicted octanol–water partition coefficient (Wildman–Crippen LogP) is 0.302. The van der Waals surface area contributed by atoms with Gasteiger partial charge in [0.05, 0.1) is 6.54 Å². The number of likely N-dealkylation sites (N-methyl/N-ethyl adjacent to an activating group) is 1. The van der Waals surface area contributed by atoms with Crippen LogP contribution in [0.5, 0.6) is 0 Å². The summed E-state index contributed by atoms with van der Waals surface area (Å²) in [6.07, 6.45) is 2.63. The summed E-state index contributed by atoms with van der Waals surface area (Å²) in [5.74, 6) is 0.0935. The Morgan fingerprint density at radius 3 is 2.87 bits per heavy atom.